The van der Waals surface area contributed by atoms with Crippen LogP contribution in [0.1, 0.15) is 23.8 Å². The number of nitrogens with zero attached hydrogens (tertiary/aromatic N) is 3. The highest BCUT2D eigenvalue weighted by Gasteiger charge is 2.25. The summed E-state index contributed by atoms with van der Waals surface area (Å²) in [6, 6.07) is 14.1. The van der Waals surface area contributed by atoms with Gasteiger partial charge in [0.05, 0.1) is 5.69 Å². The second kappa shape index (κ2) is 5.69. The molecule has 0 aliphatic carbocycles. The zero-order valence-electron chi connectivity index (χ0n) is 11.7. The minimum Gasteiger partial charge on any atom is -0.387 e. The van der Waals surface area contributed by atoms with Gasteiger partial charge in [0.15, 0.2) is 6.10 Å². The van der Waals surface area contributed by atoms with Crippen molar-refractivity contribution in [2.24, 2.45) is 5.16 Å². The molecular weight excluding hydrogens is 294 g/mol. The SMILES string of the molecule is c1ccc(C2CC(c3csc(-c4ccncc4)n3)=NO2)cc1. The summed E-state index contributed by atoms with van der Waals surface area (Å²) in [7, 11) is 0. The van der Waals surface area contributed by atoms with Crippen LogP contribution in [-0.2, 0) is 4.84 Å². The molecule has 0 N–H and O–H groups in total. The van der Waals surface area contributed by atoms with Crippen LogP contribution in [0.15, 0.2) is 65.4 Å². The normalized spacial score (nSPS) is 17.1. The highest BCUT2D eigenvalue weighted by molar-refractivity contribution is 7.13. The lowest BCUT2D eigenvalue weighted by Crippen LogP contribution is -2.01. The molecule has 22 heavy (non-hydrogen) atoms. The quantitative estimate of drug-likeness (QED) is 0.733. The Hall–Kier alpha value is -2.53. The van der Waals surface area contributed by atoms with Crippen molar-refractivity contribution in [1.82, 2.24) is 9.97 Å². The number of oxime groups is 1. The summed E-state index contributed by atoms with van der Waals surface area (Å²) >= 11 is 1.61. The van der Waals surface area contributed by atoms with Crippen LogP contribution in [0.5, 0.6) is 0 Å². The number of hydrogen-bond acceptors (Lipinski definition) is 5. The predicted octanol–water partition coefficient (Wildman–Crippen LogP) is 4.07. The Kier molecular flexibility index (Phi) is 3.40. The average Bonchev–Trinajstić information content (AvgIpc) is 3.26. The first-order chi connectivity index (χ1) is 10.9. The van der Waals surface area contributed by atoms with E-state index in [1.807, 2.05) is 35.7 Å². The van der Waals surface area contributed by atoms with Gasteiger partial charge in [-0.3, -0.25) is 4.98 Å². The molecule has 108 valence electrons. The third-order valence-electron chi connectivity index (χ3n) is 3.57. The Labute approximate surface area is 132 Å². The van der Waals surface area contributed by atoms with Crippen LogP contribution >= 0.6 is 11.3 Å². The van der Waals surface area contributed by atoms with E-state index in [0.29, 0.717) is 0 Å². The van der Waals surface area contributed by atoms with E-state index < -0.39 is 0 Å². The van der Waals surface area contributed by atoms with Crippen molar-refractivity contribution >= 4 is 17.0 Å². The van der Waals surface area contributed by atoms with Gasteiger partial charge in [0.1, 0.15) is 10.7 Å². The summed E-state index contributed by atoms with van der Waals surface area (Å²) in [5, 5.41) is 7.23. The van der Waals surface area contributed by atoms with Crippen LogP contribution < -0.4 is 0 Å². The highest BCUT2D eigenvalue weighted by atomic mass is 32.1. The van der Waals surface area contributed by atoms with E-state index in [9.17, 15) is 0 Å². The number of pyridine rings is 1. The molecule has 1 aromatic carbocycles. The molecule has 0 spiro atoms. The van der Waals surface area contributed by atoms with E-state index >= 15 is 0 Å². The van der Waals surface area contributed by atoms with Crippen LogP contribution in [0.3, 0.4) is 0 Å². The van der Waals surface area contributed by atoms with Gasteiger partial charge in [-0.05, 0) is 17.7 Å². The molecule has 0 saturated carbocycles. The van der Waals surface area contributed by atoms with Gasteiger partial charge in [-0.25, -0.2) is 4.98 Å². The van der Waals surface area contributed by atoms with E-state index in [-0.39, 0.29) is 6.10 Å². The molecule has 1 atom stereocenters. The van der Waals surface area contributed by atoms with Crippen LogP contribution in [-0.4, -0.2) is 15.7 Å². The Morgan fingerprint density at radius 1 is 1.05 bits per heavy atom. The molecule has 4 nitrogen and oxygen atoms in total. The highest BCUT2D eigenvalue weighted by Crippen LogP contribution is 2.31. The third kappa shape index (κ3) is 2.51. The van der Waals surface area contributed by atoms with E-state index in [1.54, 1.807) is 23.7 Å². The van der Waals surface area contributed by atoms with Crippen LogP contribution in [0.4, 0.5) is 0 Å². The zero-order chi connectivity index (χ0) is 14.8. The van der Waals surface area contributed by atoms with Crippen LogP contribution in [0.2, 0.25) is 0 Å². The monoisotopic (exact) mass is 307 g/mol. The van der Waals surface area contributed by atoms with Crippen molar-refractivity contribution in [3.63, 3.8) is 0 Å². The van der Waals surface area contributed by atoms with Gasteiger partial charge in [0.25, 0.3) is 0 Å². The number of benzene rings is 1. The second-order valence-electron chi connectivity index (χ2n) is 5.02. The molecule has 0 fully saturated rings. The summed E-state index contributed by atoms with van der Waals surface area (Å²) in [5.41, 5.74) is 4.02. The van der Waals surface area contributed by atoms with E-state index in [0.717, 1.165) is 34.0 Å². The second-order valence-corrected chi connectivity index (χ2v) is 5.88. The Morgan fingerprint density at radius 2 is 1.86 bits per heavy atom. The Balaban J connectivity index is 1.54. The first-order valence-corrected chi connectivity index (χ1v) is 7.92. The largest absolute Gasteiger partial charge is 0.387 e. The van der Waals surface area contributed by atoms with Crippen LogP contribution in [0.25, 0.3) is 10.6 Å². The summed E-state index contributed by atoms with van der Waals surface area (Å²) in [4.78, 5) is 14.3. The van der Waals surface area contributed by atoms with Crippen molar-refractivity contribution in [2.45, 2.75) is 12.5 Å². The first-order valence-electron chi connectivity index (χ1n) is 7.04. The van der Waals surface area contributed by atoms with Crippen molar-refractivity contribution < 1.29 is 4.84 Å². The first kappa shape index (κ1) is 13.2. The summed E-state index contributed by atoms with van der Waals surface area (Å²) in [6.45, 7) is 0. The third-order valence-corrected chi connectivity index (χ3v) is 4.46. The lowest BCUT2D eigenvalue weighted by Gasteiger charge is -2.06. The van der Waals surface area contributed by atoms with Gasteiger partial charge in [-0.1, -0.05) is 35.5 Å². The Morgan fingerprint density at radius 3 is 2.68 bits per heavy atom. The lowest BCUT2D eigenvalue weighted by molar-refractivity contribution is 0.0857. The molecule has 1 aliphatic heterocycles. The lowest BCUT2D eigenvalue weighted by atomic mass is 10.0. The molecule has 2 aromatic heterocycles. The van der Waals surface area contributed by atoms with Gasteiger partial charge >= 0.3 is 0 Å². The zero-order valence-corrected chi connectivity index (χ0v) is 12.5. The predicted molar refractivity (Wildman–Crippen MR) is 86.8 cm³/mol. The maximum atomic E-state index is 5.56. The van der Waals surface area contributed by atoms with Crippen molar-refractivity contribution in [3.8, 4) is 10.6 Å². The van der Waals surface area contributed by atoms with Crippen LogP contribution in [0, 0.1) is 0 Å². The smallest absolute Gasteiger partial charge is 0.158 e. The fraction of sp³-hybridized carbons (Fsp3) is 0.118. The van der Waals surface area contributed by atoms with Gasteiger partial charge in [-0.15, -0.1) is 11.3 Å². The molecule has 0 saturated heterocycles. The Bertz CT molecular complexity index is 799. The van der Waals surface area contributed by atoms with Gasteiger partial charge in [0, 0.05) is 29.8 Å². The summed E-state index contributed by atoms with van der Waals surface area (Å²) in [6.07, 6.45) is 4.29. The molecule has 5 heteroatoms. The average molecular weight is 307 g/mol. The maximum Gasteiger partial charge on any atom is 0.158 e. The molecule has 3 aromatic rings. The number of aromatic nitrogens is 2. The van der Waals surface area contributed by atoms with E-state index in [2.05, 4.69) is 27.3 Å². The summed E-state index contributed by atoms with van der Waals surface area (Å²) < 4.78 is 0. The molecule has 3 heterocycles. The molecule has 1 aliphatic rings. The molecule has 0 bridgehead atoms. The van der Waals surface area contributed by atoms with Gasteiger partial charge in [-0.2, -0.15) is 0 Å². The van der Waals surface area contributed by atoms with E-state index in [1.165, 1.54) is 0 Å². The number of rotatable bonds is 3. The summed E-state index contributed by atoms with van der Waals surface area (Å²) in [5.74, 6) is 0. The fourth-order valence-corrected chi connectivity index (χ4v) is 3.24. The molecule has 4 rings (SSSR count). The molecule has 1 unspecified atom stereocenters. The fourth-order valence-electron chi connectivity index (χ4n) is 2.41. The van der Waals surface area contributed by atoms with Gasteiger partial charge < -0.3 is 4.84 Å². The number of hydrogen-bond donors (Lipinski definition) is 0. The standard InChI is InChI=1S/C17H13N3OS/c1-2-4-12(5-3-1)16-10-14(20-21-16)15-11-22-17(19-15)13-6-8-18-9-7-13/h1-9,11,16H,10H2. The van der Waals surface area contributed by atoms with Crippen molar-refractivity contribution in [2.75, 3.05) is 0 Å². The molecular formula is C17H13N3OS. The minimum atomic E-state index is -0.0118. The van der Waals surface area contributed by atoms with E-state index in [4.69, 9.17) is 4.84 Å². The molecule has 0 radical (unpaired) electrons. The van der Waals surface area contributed by atoms with Crippen molar-refractivity contribution in [1.29, 1.82) is 0 Å². The number of thiazole rings is 1. The van der Waals surface area contributed by atoms with Crippen molar-refractivity contribution in [3.05, 3.63) is 71.5 Å². The minimum absolute atomic E-state index is 0.0118. The maximum absolute atomic E-state index is 5.56. The topological polar surface area (TPSA) is 47.4 Å². The van der Waals surface area contributed by atoms with Gasteiger partial charge in [0.2, 0.25) is 0 Å². The molecule has 0 amide bonds.